The summed E-state index contributed by atoms with van der Waals surface area (Å²) < 4.78 is 14.1. The minimum Gasteiger partial charge on any atom is -0.375 e. The molecule has 0 aromatic heterocycles. The van der Waals surface area contributed by atoms with Crippen LogP contribution in [0.3, 0.4) is 0 Å². The van der Waals surface area contributed by atoms with Gasteiger partial charge in [0.05, 0.1) is 6.35 Å². The molecular formula is C2H6O3P2. The first-order chi connectivity index (χ1) is 3.41. The maximum absolute atomic E-state index is 9.57. The summed E-state index contributed by atoms with van der Waals surface area (Å²) in [5.74, 6) is 0. The summed E-state index contributed by atoms with van der Waals surface area (Å²) in [6, 6.07) is 0. The fourth-order valence-corrected chi connectivity index (χ4v) is 0.660. The van der Waals surface area contributed by atoms with E-state index in [9.17, 15) is 4.57 Å². The van der Waals surface area contributed by atoms with E-state index in [0.29, 0.717) is 6.35 Å². The van der Waals surface area contributed by atoms with Crippen molar-refractivity contribution >= 4 is 17.3 Å². The second kappa shape index (κ2) is 6.45. The maximum Gasteiger partial charge on any atom is 0.183 e. The third kappa shape index (κ3) is 6.45. The van der Waals surface area contributed by atoms with Crippen LogP contribution in [0.15, 0.2) is 0 Å². The third-order valence-electron chi connectivity index (χ3n) is 0.311. The molecule has 0 aliphatic heterocycles. The molecule has 42 valence electrons. The summed E-state index contributed by atoms with van der Waals surface area (Å²) in [5.41, 5.74) is 0. The van der Waals surface area contributed by atoms with Gasteiger partial charge in [0.25, 0.3) is 0 Å². The van der Waals surface area contributed by atoms with Crippen LogP contribution >= 0.6 is 17.3 Å². The zero-order valence-electron chi connectivity index (χ0n) is 3.63. The predicted octanol–water partition coefficient (Wildman–Crippen LogP) is 0.795. The molecule has 0 amide bonds. The highest BCUT2D eigenvalue weighted by Gasteiger charge is 1.79. The summed E-state index contributed by atoms with van der Waals surface area (Å²) in [7, 11) is -0.222. The molecular weight excluding hydrogens is 134 g/mol. The highest BCUT2D eigenvalue weighted by Crippen LogP contribution is 2.02. The van der Waals surface area contributed by atoms with E-state index in [1.54, 1.807) is 0 Å². The quantitative estimate of drug-likeness (QED) is 0.464. The van der Waals surface area contributed by atoms with Crippen molar-refractivity contribution in [2.45, 2.75) is 0 Å². The third-order valence-corrected chi connectivity index (χ3v) is 0.932. The molecule has 0 heterocycles. The van der Waals surface area contributed by atoms with Crippen molar-refractivity contribution in [1.82, 2.24) is 0 Å². The molecule has 0 rings (SSSR count). The monoisotopic (exact) mass is 140 g/mol. The topological polar surface area (TPSA) is 46.5 Å². The first-order valence-electron chi connectivity index (χ1n) is 1.65. The van der Waals surface area contributed by atoms with Gasteiger partial charge in [0.15, 0.2) is 8.46 Å². The molecule has 0 fully saturated rings. The molecule has 5 heteroatoms. The molecule has 0 aliphatic carbocycles. The van der Waals surface area contributed by atoms with Crippen molar-refractivity contribution in [3.8, 4) is 0 Å². The van der Waals surface area contributed by atoms with Gasteiger partial charge in [0, 0.05) is 8.81 Å². The summed E-state index contributed by atoms with van der Waals surface area (Å²) in [4.78, 5) is 8.09. The van der Waals surface area contributed by atoms with Gasteiger partial charge >= 0.3 is 0 Å². The highest BCUT2D eigenvalue weighted by atomic mass is 31.1. The van der Waals surface area contributed by atoms with Crippen LogP contribution in [0.2, 0.25) is 0 Å². The average Bonchev–Trinajstić information content (AvgIpc) is 1.69. The van der Waals surface area contributed by atoms with Crippen molar-refractivity contribution in [3.63, 3.8) is 0 Å². The number of hydrogen-bond acceptors (Lipinski definition) is 3. The Bertz CT molecular complexity index is 48.2. The van der Waals surface area contributed by atoms with Gasteiger partial charge in [-0.05, 0) is 0 Å². The van der Waals surface area contributed by atoms with Crippen molar-refractivity contribution in [2.75, 3.05) is 12.7 Å². The first kappa shape index (κ1) is 7.45. The minimum atomic E-state index is -0.198. The van der Waals surface area contributed by atoms with Gasteiger partial charge in [-0.2, -0.15) is 0 Å². The average molecular weight is 140 g/mol. The van der Waals surface area contributed by atoms with Gasteiger partial charge in [-0.15, -0.1) is 0 Å². The Morgan fingerprint density at radius 1 is 1.86 bits per heavy atom. The van der Waals surface area contributed by atoms with E-state index in [4.69, 9.17) is 4.89 Å². The smallest absolute Gasteiger partial charge is 0.183 e. The normalized spacial score (nSPS) is 11.6. The lowest BCUT2D eigenvalue weighted by Gasteiger charge is -1.89. The second-order valence-corrected chi connectivity index (χ2v) is 1.89. The summed E-state index contributed by atoms with van der Waals surface area (Å²) >= 11 is 0. The minimum absolute atomic E-state index is 0.0243. The van der Waals surface area contributed by atoms with Crippen LogP contribution in [0, 0.1) is 0 Å². The number of rotatable bonds is 4. The molecule has 0 aliphatic rings. The van der Waals surface area contributed by atoms with E-state index in [1.807, 2.05) is 0 Å². The standard InChI is InChI=1S/C2H6O3P2/c3-6-1-5-2-7-4/h3,6H,1-2H2. The molecule has 1 N–H and O–H groups in total. The predicted molar refractivity (Wildman–Crippen MR) is 29.0 cm³/mol. The zero-order valence-corrected chi connectivity index (χ0v) is 5.52. The molecule has 0 bridgehead atoms. The van der Waals surface area contributed by atoms with Crippen molar-refractivity contribution < 1.29 is 14.2 Å². The van der Waals surface area contributed by atoms with Crippen molar-refractivity contribution in [1.29, 1.82) is 0 Å². The number of ether oxygens (including phenoxy) is 1. The Labute approximate surface area is 45.1 Å². The van der Waals surface area contributed by atoms with Crippen LogP contribution in [-0.4, -0.2) is 17.6 Å². The molecule has 1 unspecified atom stereocenters. The van der Waals surface area contributed by atoms with E-state index < -0.39 is 0 Å². The van der Waals surface area contributed by atoms with Crippen molar-refractivity contribution in [3.05, 3.63) is 0 Å². The Morgan fingerprint density at radius 3 is 3.00 bits per heavy atom. The van der Waals surface area contributed by atoms with Crippen LogP contribution < -0.4 is 0 Å². The molecule has 0 aromatic carbocycles. The van der Waals surface area contributed by atoms with Gasteiger partial charge in [0.1, 0.15) is 6.35 Å². The summed E-state index contributed by atoms with van der Waals surface area (Å²) in [6.45, 7) is 0. The number of hydrogen-bond donors (Lipinski definition) is 1. The molecule has 3 nitrogen and oxygen atoms in total. The van der Waals surface area contributed by atoms with Gasteiger partial charge < -0.3 is 9.63 Å². The summed E-state index contributed by atoms with van der Waals surface area (Å²) in [6.07, 6.45) is 0.489. The highest BCUT2D eigenvalue weighted by molar-refractivity contribution is 7.30. The van der Waals surface area contributed by atoms with E-state index in [0.717, 1.165) is 0 Å². The Morgan fingerprint density at radius 2 is 2.57 bits per heavy atom. The molecule has 0 spiro atoms. The van der Waals surface area contributed by atoms with Gasteiger partial charge in [-0.25, -0.2) is 0 Å². The Hall–Kier alpha value is 0.450. The Balaban J connectivity index is 2.56. The molecule has 0 aromatic rings. The maximum atomic E-state index is 9.57. The van der Waals surface area contributed by atoms with Crippen LogP contribution in [0.5, 0.6) is 0 Å². The molecule has 0 saturated heterocycles. The van der Waals surface area contributed by atoms with E-state index in [2.05, 4.69) is 4.74 Å². The lowest BCUT2D eigenvalue weighted by atomic mass is 11.5. The molecule has 0 radical (unpaired) electrons. The lowest BCUT2D eigenvalue weighted by molar-refractivity contribution is 0.229. The SMILES string of the molecule is O=PCOCPO. The lowest BCUT2D eigenvalue weighted by Crippen LogP contribution is -1.81. The van der Waals surface area contributed by atoms with Crippen molar-refractivity contribution in [2.24, 2.45) is 0 Å². The van der Waals surface area contributed by atoms with Crippen LogP contribution in [0.1, 0.15) is 0 Å². The molecule has 1 atom stereocenters. The largest absolute Gasteiger partial charge is 0.375 e. The van der Waals surface area contributed by atoms with Crippen LogP contribution in [0.25, 0.3) is 0 Å². The second-order valence-electron chi connectivity index (χ2n) is 0.765. The van der Waals surface area contributed by atoms with E-state index in [1.165, 1.54) is 0 Å². The van der Waals surface area contributed by atoms with E-state index in [-0.39, 0.29) is 23.6 Å². The Kier molecular flexibility index (Phi) is 6.86. The molecule has 7 heavy (non-hydrogen) atoms. The van der Waals surface area contributed by atoms with Gasteiger partial charge in [-0.1, -0.05) is 0 Å². The fourth-order valence-electron chi connectivity index (χ4n) is 0.129. The fraction of sp³-hybridized carbons (Fsp3) is 1.00. The van der Waals surface area contributed by atoms with Gasteiger partial charge in [0.2, 0.25) is 0 Å². The first-order valence-corrected chi connectivity index (χ1v) is 3.81. The molecule has 0 saturated carbocycles. The van der Waals surface area contributed by atoms with Gasteiger partial charge in [-0.3, -0.25) is 4.57 Å². The van der Waals surface area contributed by atoms with Crippen LogP contribution in [-0.2, 0) is 9.30 Å². The summed E-state index contributed by atoms with van der Waals surface area (Å²) in [5, 5.41) is 0. The van der Waals surface area contributed by atoms with E-state index >= 15 is 0 Å². The zero-order chi connectivity index (χ0) is 5.54. The van der Waals surface area contributed by atoms with Crippen LogP contribution in [0.4, 0.5) is 0 Å².